The first kappa shape index (κ1) is 18.4. The predicted octanol–water partition coefficient (Wildman–Crippen LogP) is 4.72. The van der Waals surface area contributed by atoms with E-state index in [-0.39, 0.29) is 18.1 Å². The Morgan fingerprint density at radius 2 is 2.12 bits per heavy atom. The average Bonchev–Trinajstić information content (AvgIpc) is 3.04. The molecule has 26 heavy (non-hydrogen) atoms. The summed E-state index contributed by atoms with van der Waals surface area (Å²) in [4.78, 5) is 17.4. The van der Waals surface area contributed by atoms with Crippen LogP contribution >= 0.6 is 22.9 Å². The second-order valence-electron chi connectivity index (χ2n) is 5.59. The zero-order chi connectivity index (χ0) is 18.5. The van der Waals surface area contributed by atoms with Gasteiger partial charge in [-0.15, -0.1) is 11.3 Å². The van der Waals surface area contributed by atoms with Crippen LogP contribution in [0.1, 0.15) is 16.0 Å². The Balaban J connectivity index is 1.61. The molecule has 0 saturated heterocycles. The summed E-state index contributed by atoms with van der Waals surface area (Å²) in [5, 5.41) is 3.95. The third-order valence-electron chi connectivity index (χ3n) is 3.70. The Kier molecular flexibility index (Phi) is 5.85. The van der Waals surface area contributed by atoms with Gasteiger partial charge in [0.05, 0.1) is 13.5 Å². The minimum atomic E-state index is -0.492. The molecule has 0 bridgehead atoms. The number of amides is 1. The van der Waals surface area contributed by atoms with Crippen LogP contribution in [-0.4, -0.2) is 18.0 Å². The number of aromatic nitrogens is 1. The standard InChI is InChI=1S/C19H16ClFN2O2S/c1-25-17-7-6-12(8-16(17)21)9-18(24)23-19-22-11-14(26-19)10-13-4-2-3-5-15(13)20/h2-8,11H,9-10H2,1H3,(H,22,23,24). The normalized spacial score (nSPS) is 10.6. The van der Waals surface area contributed by atoms with Gasteiger partial charge in [-0.2, -0.15) is 0 Å². The molecule has 1 aromatic heterocycles. The number of nitrogens with zero attached hydrogens (tertiary/aromatic N) is 1. The van der Waals surface area contributed by atoms with Gasteiger partial charge in [0, 0.05) is 22.5 Å². The number of hydrogen-bond donors (Lipinski definition) is 1. The highest BCUT2D eigenvalue weighted by Crippen LogP contribution is 2.25. The SMILES string of the molecule is COc1ccc(CC(=O)Nc2ncc(Cc3ccccc3Cl)s2)cc1F. The molecule has 1 heterocycles. The second-order valence-corrected chi connectivity index (χ2v) is 7.12. The van der Waals surface area contributed by atoms with Crippen LogP contribution in [0.2, 0.25) is 5.02 Å². The molecule has 0 saturated carbocycles. The molecule has 0 fully saturated rings. The molecular weight excluding hydrogens is 375 g/mol. The van der Waals surface area contributed by atoms with Crippen molar-refractivity contribution in [2.24, 2.45) is 0 Å². The fraction of sp³-hybridized carbons (Fsp3) is 0.158. The van der Waals surface area contributed by atoms with E-state index < -0.39 is 5.82 Å². The number of thiazole rings is 1. The van der Waals surface area contributed by atoms with Crippen molar-refractivity contribution in [2.75, 3.05) is 12.4 Å². The maximum Gasteiger partial charge on any atom is 0.230 e. The molecule has 0 aliphatic rings. The quantitative estimate of drug-likeness (QED) is 0.662. The topological polar surface area (TPSA) is 51.2 Å². The van der Waals surface area contributed by atoms with Crippen molar-refractivity contribution in [3.8, 4) is 5.75 Å². The van der Waals surface area contributed by atoms with Gasteiger partial charge in [-0.25, -0.2) is 9.37 Å². The number of carbonyl (C=O) groups excluding carboxylic acids is 1. The summed E-state index contributed by atoms with van der Waals surface area (Å²) >= 11 is 7.55. The van der Waals surface area contributed by atoms with E-state index in [2.05, 4.69) is 10.3 Å². The lowest BCUT2D eigenvalue weighted by Crippen LogP contribution is -2.14. The smallest absolute Gasteiger partial charge is 0.230 e. The maximum absolute atomic E-state index is 13.7. The number of ether oxygens (including phenoxy) is 1. The van der Waals surface area contributed by atoms with Gasteiger partial charge >= 0.3 is 0 Å². The first-order valence-electron chi connectivity index (χ1n) is 7.85. The Hall–Kier alpha value is -2.44. The number of methoxy groups -OCH3 is 1. The molecule has 0 aliphatic heterocycles. The van der Waals surface area contributed by atoms with Gasteiger partial charge in [0.1, 0.15) is 0 Å². The molecule has 0 spiro atoms. The lowest BCUT2D eigenvalue weighted by molar-refractivity contribution is -0.115. The number of nitrogens with one attached hydrogen (secondary N) is 1. The Bertz CT molecular complexity index is 929. The molecule has 0 unspecified atom stereocenters. The van der Waals surface area contributed by atoms with Gasteiger partial charge in [0.15, 0.2) is 16.7 Å². The Morgan fingerprint density at radius 1 is 1.31 bits per heavy atom. The van der Waals surface area contributed by atoms with Crippen molar-refractivity contribution in [2.45, 2.75) is 12.8 Å². The van der Waals surface area contributed by atoms with E-state index >= 15 is 0 Å². The zero-order valence-electron chi connectivity index (χ0n) is 14.0. The van der Waals surface area contributed by atoms with E-state index in [0.29, 0.717) is 22.1 Å². The van der Waals surface area contributed by atoms with Gasteiger partial charge in [-0.3, -0.25) is 4.79 Å². The van der Waals surface area contributed by atoms with Crippen molar-refractivity contribution in [3.63, 3.8) is 0 Å². The minimum Gasteiger partial charge on any atom is -0.494 e. The summed E-state index contributed by atoms with van der Waals surface area (Å²) in [6.07, 6.45) is 2.42. The highest BCUT2D eigenvalue weighted by Gasteiger charge is 2.11. The first-order chi connectivity index (χ1) is 12.5. The fourth-order valence-corrected chi connectivity index (χ4v) is 3.50. The lowest BCUT2D eigenvalue weighted by Gasteiger charge is -2.05. The molecule has 1 amide bonds. The summed E-state index contributed by atoms with van der Waals surface area (Å²) < 4.78 is 18.6. The van der Waals surface area contributed by atoms with E-state index in [4.69, 9.17) is 16.3 Å². The van der Waals surface area contributed by atoms with Gasteiger partial charge in [-0.1, -0.05) is 35.9 Å². The number of benzene rings is 2. The maximum atomic E-state index is 13.7. The molecule has 3 rings (SSSR count). The zero-order valence-corrected chi connectivity index (χ0v) is 15.5. The van der Waals surface area contributed by atoms with E-state index in [1.165, 1.54) is 30.6 Å². The first-order valence-corrected chi connectivity index (χ1v) is 9.05. The van der Waals surface area contributed by atoms with E-state index in [1.54, 1.807) is 12.3 Å². The van der Waals surface area contributed by atoms with Crippen LogP contribution in [0.3, 0.4) is 0 Å². The van der Waals surface area contributed by atoms with E-state index in [0.717, 1.165) is 10.4 Å². The molecule has 7 heteroatoms. The number of halogens is 2. The summed E-state index contributed by atoms with van der Waals surface area (Å²) in [7, 11) is 1.40. The third-order valence-corrected chi connectivity index (χ3v) is 4.98. The van der Waals surface area contributed by atoms with Crippen molar-refractivity contribution in [1.82, 2.24) is 4.98 Å². The van der Waals surface area contributed by atoms with Crippen molar-refractivity contribution < 1.29 is 13.9 Å². The number of hydrogen-bond acceptors (Lipinski definition) is 4. The van der Waals surface area contributed by atoms with E-state index in [1.807, 2.05) is 24.3 Å². The van der Waals surface area contributed by atoms with Crippen LogP contribution in [0, 0.1) is 5.82 Å². The number of anilines is 1. The Labute approximate surface area is 159 Å². The molecule has 4 nitrogen and oxygen atoms in total. The molecule has 0 atom stereocenters. The third kappa shape index (κ3) is 4.59. The van der Waals surface area contributed by atoms with Crippen molar-refractivity contribution in [3.05, 3.63) is 75.5 Å². The van der Waals surface area contributed by atoms with Gasteiger partial charge in [-0.05, 0) is 29.3 Å². The molecule has 3 aromatic rings. The van der Waals surface area contributed by atoms with Crippen LogP contribution in [0.5, 0.6) is 5.75 Å². The predicted molar refractivity (Wildman–Crippen MR) is 102 cm³/mol. The summed E-state index contributed by atoms with van der Waals surface area (Å²) in [6.45, 7) is 0. The summed E-state index contributed by atoms with van der Waals surface area (Å²) in [5.74, 6) is -0.597. The van der Waals surface area contributed by atoms with Crippen LogP contribution in [0.15, 0.2) is 48.7 Å². The van der Waals surface area contributed by atoms with Crippen LogP contribution < -0.4 is 10.1 Å². The highest BCUT2D eigenvalue weighted by atomic mass is 35.5. The summed E-state index contributed by atoms with van der Waals surface area (Å²) in [6, 6.07) is 12.1. The molecule has 0 radical (unpaired) electrons. The largest absolute Gasteiger partial charge is 0.494 e. The molecule has 0 aliphatic carbocycles. The number of carbonyl (C=O) groups is 1. The van der Waals surface area contributed by atoms with Crippen LogP contribution in [-0.2, 0) is 17.6 Å². The molecular formula is C19H16ClFN2O2S. The van der Waals surface area contributed by atoms with Crippen LogP contribution in [0.25, 0.3) is 0 Å². The highest BCUT2D eigenvalue weighted by molar-refractivity contribution is 7.15. The fourth-order valence-electron chi connectivity index (χ4n) is 2.45. The molecule has 2 aromatic carbocycles. The van der Waals surface area contributed by atoms with E-state index in [9.17, 15) is 9.18 Å². The van der Waals surface area contributed by atoms with Gasteiger partial charge in [0.2, 0.25) is 5.91 Å². The summed E-state index contributed by atoms with van der Waals surface area (Å²) in [5.41, 5.74) is 1.57. The molecule has 134 valence electrons. The monoisotopic (exact) mass is 390 g/mol. The minimum absolute atomic E-state index is 0.0559. The van der Waals surface area contributed by atoms with Gasteiger partial charge in [0.25, 0.3) is 0 Å². The van der Waals surface area contributed by atoms with Crippen LogP contribution in [0.4, 0.5) is 9.52 Å². The van der Waals surface area contributed by atoms with Gasteiger partial charge < -0.3 is 10.1 Å². The molecule has 1 N–H and O–H groups in total. The van der Waals surface area contributed by atoms with Crippen molar-refractivity contribution >= 4 is 34.0 Å². The Morgan fingerprint density at radius 3 is 2.85 bits per heavy atom. The van der Waals surface area contributed by atoms with Crippen molar-refractivity contribution in [1.29, 1.82) is 0 Å². The lowest BCUT2D eigenvalue weighted by atomic mass is 10.1. The average molecular weight is 391 g/mol. The second kappa shape index (κ2) is 8.29. The number of rotatable bonds is 6.